The molecule has 1 rings (SSSR count). The third-order valence-corrected chi connectivity index (χ3v) is 3.41. The summed E-state index contributed by atoms with van der Waals surface area (Å²) in [5.41, 5.74) is 3.16. The third kappa shape index (κ3) is 5.31. The maximum atomic E-state index is 12.1. The monoisotopic (exact) mass is 277 g/mol. The van der Waals surface area contributed by atoms with Crippen molar-refractivity contribution in [2.24, 2.45) is 0 Å². The number of nitrogens with zero attached hydrogens (tertiary/aromatic N) is 1. The van der Waals surface area contributed by atoms with Crippen LogP contribution >= 0.6 is 0 Å². The van der Waals surface area contributed by atoms with Crippen molar-refractivity contribution < 1.29 is 4.79 Å². The first kappa shape index (κ1) is 16.7. The van der Waals surface area contributed by atoms with Crippen LogP contribution in [0.25, 0.3) is 0 Å². The van der Waals surface area contributed by atoms with Crippen LogP contribution in [0.15, 0.2) is 18.2 Å². The minimum Gasteiger partial charge on any atom is -0.324 e. The Labute approximate surface area is 122 Å². The van der Waals surface area contributed by atoms with E-state index in [4.69, 9.17) is 0 Å². The molecule has 0 heterocycles. The van der Waals surface area contributed by atoms with Crippen molar-refractivity contribution in [2.75, 3.05) is 38.0 Å². The van der Waals surface area contributed by atoms with Gasteiger partial charge in [0, 0.05) is 18.8 Å². The van der Waals surface area contributed by atoms with Gasteiger partial charge in [-0.05, 0) is 38.1 Å². The highest BCUT2D eigenvalue weighted by Gasteiger charge is 2.11. The summed E-state index contributed by atoms with van der Waals surface area (Å²) < 4.78 is 0. The Kier molecular flexibility index (Phi) is 7.26. The highest BCUT2D eigenvalue weighted by Crippen LogP contribution is 2.19. The van der Waals surface area contributed by atoms with Crippen LogP contribution in [-0.4, -0.2) is 43.5 Å². The number of para-hydroxylation sites is 1. The van der Waals surface area contributed by atoms with Crippen LogP contribution in [0, 0.1) is 13.8 Å². The van der Waals surface area contributed by atoms with Gasteiger partial charge in [0.25, 0.3) is 0 Å². The van der Waals surface area contributed by atoms with E-state index in [0.29, 0.717) is 6.54 Å². The Morgan fingerprint density at radius 2 is 1.85 bits per heavy atom. The second kappa shape index (κ2) is 8.72. The summed E-state index contributed by atoms with van der Waals surface area (Å²) in [7, 11) is 0. The highest BCUT2D eigenvalue weighted by atomic mass is 16.2. The second-order valence-corrected chi connectivity index (χ2v) is 5.04. The largest absolute Gasteiger partial charge is 0.324 e. The van der Waals surface area contributed by atoms with Gasteiger partial charge in [-0.1, -0.05) is 32.0 Å². The molecule has 4 nitrogen and oxygen atoms in total. The van der Waals surface area contributed by atoms with E-state index in [-0.39, 0.29) is 5.91 Å². The molecule has 0 saturated carbocycles. The predicted molar refractivity (Wildman–Crippen MR) is 85.2 cm³/mol. The number of carbonyl (C=O) groups is 1. The fourth-order valence-electron chi connectivity index (χ4n) is 2.16. The molecule has 0 aromatic heterocycles. The SMILES string of the molecule is CCNCCN(CC)CC(=O)Nc1c(C)cccc1C. The van der Waals surface area contributed by atoms with E-state index < -0.39 is 0 Å². The number of aryl methyl sites for hydroxylation is 2. The zero-order valence-electron chi connectivity index (χ0n) is 13.1. The van der Waals surface area contributed by atoms with E-state index in [0.717, 1.165) is 43.0 Å². The molecule has 0 fully saturated rings. The summed E-state index contributed by atoms with van der Waals surface area (Å²) in [5.74, 6) is 0.0562. The average Bonchev–Trinajstić information content (AvgIpc) is 2.42. The quantitative estimate of drug-likeness (QED) is 0.716. The fourth-order valence-corrected chi connectivity index (χ4v) is 2.16. The smallest absolute Gasteiger partial charge is 0.238 e. The zero-order valence-corrected chi connectivity index (χ0v) is 13.1. The van der Waals surface area contributed by atoms with E-state index >= 15 is 0 Å². The van der Waals surface area contributed by atoms with Gasteiger partial charge in [0.15, 0.2) is 0 Å². The van der Waals surface area contributed by atoms with Crippen molar-refractivity contribution in [3.05, 3.63) is 29.3 Å². The normalized spacial score (nSPS) is 10.8. The lowest BCUT2D eigenvalue weighted by atomic mass is 10.1. The molecular weight excluding hydrogens is 250 g/mol. The van der Waals surface area contributed by atoms with Gasteiger partial charge < -0.3 is 10.6 Å². The summed E-state index contributed by atoms with van der Waals surface area (Å²) in [6.07, 6.45) is 0. The second-order valence-electron chi connectivity index (χ2n) is 5.04. The topological polar surface area (TPSA) is 44.4 Å². The molecule has 4 heteroatoms. The molecule has 0 aliphatic carbocycles. The van der Waals surface area contributed by atoms with Gasteiger partial charge >= 0.3 is 0 Å². The first-order chi connectivity index (χ1) is 9.58. The van der Waals surface area contributed by atoms with Crippen molar-refractivity contribution >= 4 is 11.6 Å². The molecule has 0 spiro atoms. The fraction of sp³-hybridized carbons (Fsp3) is 0.562. The number of hydrogen-bond acceptors (Lipinski definition) is 3. The lowest BCUT2D eigenvalue weighted by Gasteiger charge is -2.20. The molecule has 0 aliphatic heterocycles. The zero-order chi connectivity index (χ0) is 15.0. The molecule has 0 atom stereocenters. The summed E-state index contributed by atoms with van der Waals surface area (Å²) in [6, 6.07) is 6.05. The highest BCUT2D eigenvalue weighted by molar-refractivity contribution is 5.93. The lowest BCUT2D eigenvalue weighted by molar-refractivity contribution is -0.117. The van der Waals surface area contributed by atoms with E-state index in [1.54, 1.807) is 0 Å². The van der Waals surface area contributed by atoms with Gasteiger partial charge in [0.1, 0.15) is 0 Å². The molecule has 0 saturated heterocycles. The Morgan fingerprint density at radius 1 is 1.20 bits per heavy atom. The summed E-state index contributed by atoms with van der Waals surface area (Å²) in [4.78, 5) is 14.3. The lowest BCUT2D eigenvalue weighted by Crippen LogP contribution is -2.37. The molecule has 0 aliphatic rings. The first-order valence-corrected chi connectivity index (χ1v) is 7.37. The molecule has 2 N–H and O–H groups in total. The number of hydrogen-bond donors (Lipinski definition) is 2. The molecular formula is C16H27N3O. The standard InChI is InChI=1S/C16H27N3O/c1-5-17-10-11-19(6-2)12-15(20)18-16-13(3)8-7-9-14(16)4/h7-9,17H,5-6,10-12H2,1-4H3,(H,18,20). The van der Waals surface area contributed by atoms with Gasteiger partial charge in [-0.15, -0.1) is 0 Å². The molecule has 0 bridgehead atoms. The first-order valence-electron chi connectivity index (χ1n) is 7.37. The Bertz CT molecular complexity index is 411. The summed E-state index contributed by atoms with van der Waals surface area (Å²) in [6.45, 7) is 12.3. The minimum absolute atomic E-state index is 0.0562. The Hall–Kier alpha value is -1.39. The van der Waals surface area contributed by atoms with Gasteiger partial charge in [0.05, 0.1) is 6.54 Å². The van der Waals surface area contributed by atoms with Crippen LogP contribution in [0.1, 0.15) is 25.0 Å². The number of benzene rings is 1. The van der Waals surface area contributed by atoms with Crippen LogP contribution in [0.3, 0.4) is 0 Å². The van der Waals surface area contributed by atoms with E-state index in [2.05, 4.69) is 29.4 Å². The van der Waals surface area contributed by atoms with Crippen LogP contribution in [0.2, 0.25) is 0 Å². The molecule has 20 heavy (non-hydrogen) atoms. The predicted octanol–water partition coefficient (Wildman–Crippen LogP) is 2.17. The van der Waals surface area contributed by atoms with E-state index in [1.165, 1.54) is 0 Å². The van der Waals surface area contributed by atoms with Crippen molar-refractivity contribution in [2.45, 2.75) is 27.7 Å². The Morgan fingerprint density at radius 3 is 2.40 bits per heavy atom. The van der Waals surface area contributed by atoms with Crippen LogP contribution < -0.4 is 10.6 Å². The average molecular weight is 277 g/mol. The van der Waals surface area contributed by atoms with Gasteiger partial charge in [-0.2, -0.15) is 0 Å². The summed E-state index contributed by atoms with van der Waals surface area (Å²) >= 11 is 0. The number of carbonyl (C=O) groups excluding carboxylic acids is 1. The van der Waals surface area contributed by atoms with Crippen molar-refractivity contribution in [3.8, 4) is 0 Å². The van der Waals surface area contributed by atoms with Gasteiger partial charge in [0.2, 0.25) is 5.91 Å². The number of likely N-dealkylation sites (N-methyl/N-ethyl adjacent to an activating group) is 2. The van der Waals surface area contributed by atoms with Gasteiger partial charge in [-0.25, -0.2) is 0 Å². The molecule has 1 amide bonds. The van der Waals surface area contributed by atoms with E-state index in [1.807, 2.05) is 32.0 Å². The van der Waals surface area contributed by atoms with Crippen molar-refractivity contribution in [1.82, 2.24) is 10.2 Å². The summed E-state index contributed by atoms with van der Waals surface area (Å²) in [5, 5.41) is 6.31. The minimum atomic E-state index is 0.0562. The number of nitrogens with one attached hydrogen (secondary N) is 2. The van der Waals surface area contributed by atoms with Gasteiger partial charge in [-0.3, -0.25) is 9.69 Å². The number of rotatable bonds is 8. The number of amides is 1. The maximum absolute atomic E-state index is 12.1. The molecule has 1 aromatic carbocycles. The molecule has 0 radical (unpaired) electrons. The molecule has 112 valence electrons. The van der Waals surface area contributed by atoms with Crippen LogP contribution in [-0.2, 0) is 4.79 Å². The number of anilines is 1. The van der Waals surface area contributed by atoms with Crippen molar-refractivity contribution in [3.63, 3.8) is 0 Å². The maximum Gasteiger partial charge on any atom is 0.238 e. The molecule has 0 unspecified atom stereocenters. The van der Waals surface area contributed by atoms with Crippen molar-refractivity contribution in [1.29, 1.82) is 0 Å². The van der Waals surface area contributed by atoms with Crippen LogP contribution in [0.4, 0.5) is 5.69 Å². The molecule has 1 aromatic rings. The van der Waals surface area contributed by atoms with Crippen LogP contribution in [0.5, 0.6) is 0 Å². The van der Waals surface area contributed by atoms with E-state index in [9.17, 15) is 4.79 Å². The third-order valence-electron chi connectivity index (χ3n) is 3.41. The Balaban J connectivity index is 2.53.